The zero-order chi connectivity index (χ0) is 18.5. The van der Waals surface area contributed by atoms with E-state index in [9.17, 15) is 0 Å². The molecule has 140 valence electrons. The molecule has 7 heteroatoms. The lowest BCUT2D eigenvalue weighted by molar-refractivity contribution is 0.205. The first-order valence-electron chi connectivity index (χ1n) is 9.26. The second kappa shape index (κ2) is 8.07. The number of rotatable bonds is 5. The predicted molar refractivity (Wildman–Crippen MR) is 106 cm³/mol. The molecule has 0 spiro atoms. The molecular weight excluding hydrogens is 340 g/mol. The average molecular weight is 364 g/mol. The Labute approximate surface area is 158 Å². The summed E-state index contributed by atoms with van der Waals surface area (Å²) >= 11 is 0. The Morgan fingerprint density at radius 2 is 2.11 bits per heavy atom. The van der Waals surface area contributed by atoms with Gasteiger partial charge in [-0.2, -0.15) is 0 Å². The predicted octanol–water partition coefficient (Wildman–Crippen LogP) is 2.16. The monoisotopic (exact) mass is 364 g/mol. The fourth-order valence-corrected chi connectivity index (χ4v) is 3.41. The summed E-state index contributed by atoms with van der Waals surface area (Å²) in [6, 6.07) is 13.9. The van der Waals surface area contributed by atoms with Gasteiger partial charge in [0.1, 0.15) is 6.10 Å². The Hall–Kier alpha value is -3.09. The first-order chi connectivity index (χ1) is 13.3. The van der Waals surface area contributed by atoms with Gasteiger partial charge in [-0.15, -0.1) is 0 Å². The summed E-state index contributed by atoms with van der Waals surface area (Å²) < 4.78 is 8.12. The molecule has 1 saturated heterocycles. The summed E-state index contributed by atoms with van der Waals surface area (Å²) in [6.45, 7) is 3.35. The molecule has 1 aromatic carbocycles. The largest absolute Gasteiger partial charge is 0.472 e. The van der Waals surface area contributed by atoms with Crippen molar-refractivity contribution in [1.82, 2.24) is 24.8 Å². The summed E-state index contributed by atoms with van der Waals surface area (Å²) in [5.41, 5.74) is 2.18. The molecule has 0 aliphatic carbocycles. The van der Waals surface area contributed by atoms with Crippen LogP contribution >= 0.6 is 0 Å². The fraction of sp³-hybridized carbons (Fsp3) is 0.350. The molecule has 1 fully saturated rings. The second-order valence-electron chi connectivity index (χ2n) is 6.54. The number of hydrogen-bond acceptors (Lipinski definition) is 4. The highest BCUT2D eigenvalue weighted by molar-refractivity contribution is 5.80. The first-order valence-corrected chi connectivity index (χ1v) is 9.26. The van der Waals surface area contributed by atoms with Crippen molar-refractivity contribution in [3.63, 3.8) is 0 Å². The van der Waals surface area contributed by atoms with E-state index in [-0.39, 0.29) is 6.10 Å². The molecule has 27 heavy (non-hydrogen) atoms. The number of fused-ring (bicyclic) bond motifs is 1. The average Bonchev–Trinajstić information content (AvgIpc) is 3.33. The van der Waals surface area contributed by atoms with Crippen molar-refractivity contribution in [2.75, 3.05) is 26.7 Å². The maximum Gasteiger partial charge on any atom is 0.213 e. The third kappa shape index (κ3) is 4.02. The number of nitrogens with zero attached hydrogens (tertiary/aromatic N) is 5. The highest BCUT2D eigenvalue weighted by Crippen LogP contribution is 2.16. The number of aromatic nitrogens is 3. The van der Waals surface area contributed by atoms with Crippen LogP contribution in [-0.2, 0) is 6.54 Å². The van der Waals surface area contributed by atoms with Crippen molar-refractivity contribution >= 4 is 17.0 Å². The van der Waals surface area contributed by atoms with Gasteiger partial charge < -0.3 is 19.5 Å². The van der Waals surface area contributed by atoms with Crippen molar-refractivity contribution in [1.29, 1.82) is 0 Å². The van der Waals surface area contributed by atoms with E-state index in [1.807, 2.05) is 49.8 Å². The number of hydrogen-bond donors (Lipinski definition) is 1. The summed E-state index contributed by atoms with van der Waals surface area (Å²) in [5.74, 6) is 1.59. The Morgan fingerprint density at radius 1 is 1.22 bits per heavy atom. The molecule has 1 aliphatic heterocycles. The molecule has 7 nitrogen and oxygen atoms in total. The van der Waals surface area contributed by atoms with Gasteiger partial charge >= 0.3 is 0 Å². The van der Waals surface area contributed by atoms with Crippen LogP contribution < -0.4 is 10.1 Å². The molecule has 1 N–H and O–H groups in total. The molecule has 1 atom stereocenters. The number of benzene rings is 1. The van der Waals surface area contributed by atoms with Crippen LogP contribution in [-0.4, -0.2) is 58.2 Å². The molecule has 4 rings (SSSR count). The molecular formula is C20H24N6O. The topological polar surface area (TPSA) is 67.6 Å². The lowest BCUT2D eigenvalue weighted by Crippen LogP contribution is -2.42. The van der Waals surface area contributed by atoms with Crippen LogP contribution in [0.2, 0.25) is 0 Å². The van der Waals surface area contributed by atoms with Gasteiger partial charge in [0, 0.05) is 45.4 Å². The smallest absolute Gasteiger partial charge is 0.213 e. The number of ether oxygens (including phenoxy) is 1. The minimum Gasteiger partial charge on any atom is -0.472 e. The number of nitrogens with one attached hydrogen (secondary N) is 1. The van der Waals surface area contributed by atoms with E-state index in [2.05, 4.69) is 35.8 Å². The number of para-hydroxylation sites is 2. The maximum atomic E-state index is 5.96. The SMILES string of the molecule is CN=C(NCCn1cnc2ccccc21)N1CCC(Oc2ccccn2)C1. The minimum atomic E-state index is 0.135. The van der Waals surface area contributed by atoms with Gasteiger partial charge in [-0.1, -0.05) is 18.2 Å². The van der Waals surface area contributed by atoms with E-state index in [0.717, 1.165) is 49.6 Å². The van der Waals surface area contributed by atoms with Gasteiger partial charge in [0.25, 0.3) is 0 Å². The second-order valence-corrected chi connectivity index (χ2v) is 6.54. The Morgan fingerprint density at radius 3 is 2.96 bits per heavy atom. The van der Waals surface area contributed by atoms with Crippen molar-refractivity contribution < 1.29 is 4.74 Å². The quantitative estimate of drug-likeness (QED) is 0.555. The molecule has 0 bridgehead atoms. The van der Waals surface area contributed by atoms with Crippen LogP contribution in [0.3, 0.4) is 0 Å². The molecule has 3 heterocycles. The third-order valence-corrected chi connectivity index (χ3v) is 4.74. The Kier molecular flexibility index (Phi) is 5.18. The summed E-state index contributed by atoms with van der Waals surface area (Å²) in [6.07, 6.45) is 4.74. The minimum absolute atomic E-state index is 0.135. The van der Waals surface area contributed by atoms with E-state index >= 15 is 0 Å². The van der Waals surface area contributed by atoms with Crippen LogP contribution in [0, 0.1) is 0 Å². The zero-order valence-corrected chi connectivity index (χ0v) is 15.5. The zero-order valence-electron chi connectivity index (χ0n) is 15.5. The van der Waals surface area contributed by atoms with Gasteiger partial charge in [-0.25, -0.2) is 9.97 Å². The number of aliphatic imine (C=N–C) groups is 1. The van der Waals surface area contributed by atoms with Gasteiger partial charge in [0.2, 0.25) is 5.88 Å². The number of guanidine groups is 1. The van der Waals surface area contributed by atoms with Crippen LogP contribution in [0.15, 0.2) is 60.0 Å². The Bertz CT molecular complexity index is 907. The van der Waals surface area contributed by atoms with Crippen LogP contribution in [0.1, 0.15) is 6.42 Å². The Balaban J connectivity index is 1.29. The molecule has 0 saturated carbocycles. The van der Waals surface area contributed by atoms with E-state index in [4.69, 9.17) is 4.74 Å². The maximum absolute atomic E-state index is 5.96. The van der Waals surface area contributed by atoms with Crippen LogP contribution in [0.25, 0.3) is 11.0 Å². The van der Waals surface area contributed by atoms with E-state index < -0.39 is 0 Å². The molecule has 1 unspecified atom stereocenters. The van der Waals surface area contributed by atoms with Crippen molar-refractivity contribution in [2.24, 2.45) is 4.99 Å². The fourth-order valence-electron chi connectivity index (χ4n) is 3.41. The summed E-state index contributed by atoms with van der Waals surface area (Å²) in [5, 5.41) is 3.45. The molecule has 3 aromatic rings. The first kappa shape index (κ1) is 17.3. The van der Waals surface area contributed by atoms with Crippen LogP contribution in [0.5, 0.6) is 5.88 Å². The summed E-state index contributed by atoms with van der Waals surface area (Å²) in [4.78, 5) is 15.3. The normalized spacial score (nSPS) is 17.4. The van der Waals surface area contributed by atoms with E-state index in [0.29, 0.717) is 5.88 Å². The van der Waals surface area contributed by atoms with Gasteiger partial charge in [0.05, 0.1) is 23.9 Å². The number of pyridine rings is 1. The number of likely N-dealkylation sites (tertiary alicyclic amines) is 1. The summed E-state index contributed by atoms with van der Waals surface area (Å²) in [7, 11) is 1.82. The van der Waals surface area contributed by atoms with Gasteiger partial charge in [0.15, 0.2) is 5.96 Å². The molecule has 1 aliphatic rings. The molecule has 2 aromatic heterocycles. The number of imidazole rings is 1. The van der Waals surface area contributed by atoms with Crippen LogP contribution in [0.4, 0.5) is 0 Å². The van der Waals surface area contributed by atoms with Crippen molar-refractivity contribution in [3.05, 3.63) is 55.0 Å². The highest BCUT2D eigenvalue weighted by atomic mass is 16.5. The molecule has 0 radical (unpaired) electrons. The van der Waals surface area contributed by atoms with Crippen molar-refractivity contribution in [3.8, 4) is 5.88 Å². The van der Waals surface area contributed by atoms with Crippen molar-refractivity contribution in [2.45, 2.75) is 19.1 Å². The third-order valence-electron chi connectivity index (χ3n) is 4.74. The van der Waals surface area contributed by atoms with Gasteiger partial charge in [-0.05, 0) is 18.2 Å². The van der Waals surface area contributed by atoms with Gasteiger partial charge in [-0.3, -0.25) is 4.99 Å². The molecule has 0 amide bonds. The highest BCUT2D eigenvalue weighted by Gasteiger charge is 2.26. The lowest BCUT2D eigenvalue weighted by Gasteiger charge is -2.21. The standard InChI is InChI=1S/C20H24N6O/c1-21-20(23-11-13-26-15-24-17-6-2-3-7-18(17)26)25-12-9-16(14-25)27-19-8-4-5-10-22-19/h2-8,10,15-16H,9,11-14H2,1H3,(H,21,23). The lowest BCUT2D eigenvalue weighted by atomic mass is 10.3. The van der Waals surface area contributed by atoms with E-state index in [1.165, 1.54) is 0 Å². The van der Waals surface area contributed by atoms with E-state index in [1.54, 1.807) is 6.20 Å².